The van der Waals surface area contributed by atoms with Gasteiger partial charge in [0.25, 0.3) is 5.91 Å². The van der Waals surface area contributed by atoms with E-state index in [4.69, 9.17) is 10.5 Å². The van der Waals surface area contributed by atoms with Crippen LogP contribution in [-0.2, 0) is 9.59 Å². The van der Waals surface area contributed by atoms with Crippen molar-refractivity contribution in [1.29, 1.82) is 0 Å². The molecule has 0 radical (unpaired) electrons. The summed E-state index contributed by atoms with van der Waals surface area (Å²) in [5.41, 5.74) is 6.97. The van der Waals surface area contributed by atoms with E-state index in [9.17, 15) is 9.59 Å². The number of fused-ring (bicyclic) bond motifs is 1. The van der Waals surface area contributed by atoms with E-state index < -0.39 is 6.10 Å². The van der Waals surface area contributed by atoms with Gasteiger partial charge in [-0.3, -0.25) is 9.59 Å². The Morgan fingerprint density at radius 1 is 1.48 bits per heavy atom. The molecule has 1 unspecified atom stereocenters. The maximum Gasteiger partial charge on any atom is 0.267 e. The van der Waals surface area contributed by atoms with E-state index in [1.54, 1.807) is 30.0 Å². The highest BCUT2D eigenvalue weighted by Crippen LogP contribution is 2.35. The maximum atomic E-state index is 12.2. The van der Waals surface area contributed by atoms with E-state index in [1.165, 1.54) is 0 Å². The van der Waals surface area contributed by atoms with Crippen LogP contribution in [0.15, 0.2) is 18.2 Å². The van der Waals surface area contributed by atoms with Crippen molar-refractivity contribution in [2.75, 3.05) is 17.2 Å². The standard InChI is InChI=1S/C15H21N3O3/c1-9(2)17-14(19)6-7-18-12-5-4-11(16)8-13(12)21-10(3)15(18)20/h4-5,8-10H,6-7,16H2,1-3H3,(H,17,19). The summed E-state index contributed by atoms with van der Waals surface area (Å²) >= 11 is 0. The second-order valence-electron chi connectivity index (χ2n) is 5.45. The summed E-state index contributed by atoms with van der Waals surface area (Å²) < 4.78 is 5.55. The third-order valence-electron chi connectivity index (χ3n) is 3.20. The summed E-state index contributed by atoms with van der Waals surface area (Å²) in [5, 5.41) is 2.81. The molecule has 0 saturated heterocycles. The van der Waals surface area contributed by atoms with Crippen LogP contribution in [-0.4, -0.2) is 30.5 Å². The van der Waals surface area contributed by atoms with Gasteiger partial charge in [0.2, 0.25) is 5.91 Å². The number of carbonyl (C=O) groups excluding carboxylic acids is 2. The average molecular weight is 291 g/mol. The van der Waals surface area contributed by atoms with Gasteiger partial charge in [-0.15, -0.1) is 0 Å². The third-order valence-corrected chi connectivity index (χ3v) is 3.20. The molecule has 1 aliphatic rings. The first kappa shape index (κ1) is 15.2. The highest BCUT2D eigenvalue weighted by molar-refractivity contribution is 6.00. The fourth-order valence-electron chi connectivity index (χ4n) is 2.27. The van der Waals surface area contributed by atoms with E-state index in [0.717, 1.165) is 0 Å². The van der Waals surface area contributed by atoms with Gasteiger partial charge in [0.15, 0.2) is 6.10 Å². The quantitative estimate of drug-likeness (QED) is 0.819. The van der Waals surface area contributed by atoms with Crippen LogP contribution < -0.4 is 20.7 Å². The molecular formula is C15H21N3O3. The van der Waals surface area contributed by atoms with Crippen LogP contribution >= 0.6 is 0 Å². The number of nitrogens with zero attached hydrogens (tertiary/aromatic N) is 1. The van der Waals surface area contributed by atoms with Crippen molar-refractivity contribution in [3.05, 3.63) is 18.2 Å². The first-order valence-corrected chi connectivity index (χ1v) is 7.05. The molecule has 0 aromatic heterocycles. The number of anilines is 2. The van der Waals surface area contributed by atoms with Crippen LogP contribution in [0.5, 0.6) is 5.75 Å². The molecule has 2 amide bonds. The van der Waals surface area contributed by atoms with Gasteiger partial charge >= 0.3 is 0 Å². The fraction of sp³-hybridized carbons (Fsp3) is 0.467. The van der Waals surface area contributed by atoms with Crippen molar-refractivity contribution < 1.29 is 14.3 Å². The molecule has 2 rings (SSSR count). The molecule has 1 aromatic rings. The Morgan fingerprint density at radius 3 is 2.86 bits per heavy atom. The van der Waals surface area contributed by atoms with Gasteiger partial charge < -0.3 is 20.7 Å². The van der Waals surface area contributed by atoms with Gasteiger partial charge in [-0.1, -0.05) is 0 Å². The summed E-state index contributed by atoms with van der Waals surface area (Å²) in [6.45, 7) is 5.81. The number of ether oxygens (including phenoxy) is 1. The van der Waals surface area contributed by atoms with E-state index >= 15 is 0 Å². The topological polar surface area (TPSA) is 84.7 Å². The van der Waals surface area contributed by atoms with Gasteiger partial charge in [0.05, 0.1) is 5.69 Å². The average Bonchev–Trinajstić information content (AvgIpc) is 2.38. The number of rotatable bonds is 4. The van der Waals surface area contributed by atoms with Crippen molar-refractivity contribution >= 4 is 23.2 Å². The Morgan fingerprint density at radius 2 is 2.19 bits per heavy atom. The minimum absolute atomic E-state index is 0.0751. The van der Waals surface area contributed by atoms with Crippen molar-refractivity contribution in [3.8, 4) is 5.75 Å². The van der Waals surface area contributed by atoms with E-state index in [2.05, 4.69) is 5.32 Å². The van der Waals surface area contributed by atoms with Crippen LogP contribution in [0.4, 0.5) is 11.4 Å². The van der Waals surface area contributed by atoms with Gasteiger partial charge in [-0.05, 0) is 32.9 Å². The van der Waals surface area contributed by atoms with Crippen molar-refractivity contribution in [1.82, 2.24) is 5.32 Å². The largest absolute Gasteiger partial charge is 0.479 e. The zero-order chi connectivity index (χ0) is 15.6. The van der Waals surface area contributed by atoms with Gasteiger partial charge in [-0.2, -0.15) is 0 Å². The number of nitrogens with one attached hydrogen (secondary N) is 1. The third kappa shape index (κ3) is 3.45. The molecule has 1 aliphatic heterocycles. The van der Waals surface area contributed by atoms with Gasteiger partial charge in [0, 0.05) is 30.8 Å². The summed E-state index contributed by atoms with van der Waals surface area (Å²) in [4.78, 5) is 25.6. The van der Waals surface area contributed by atoms with Gasteiger partial charge in [0.1, 0.15) is 5.75 Å². The van der Waals surface area contributed by atoms with Crippen molar-refractivity contribution in [2.45, 2.75) is 39.3 Å². The molecule has 0 bridgehead atoms. The molecule has 3 N–H and O–H groups in total. The van der Waals surface area contributed by atoms with E-state index in [1.807, 2.05) is 13.8 Å². The summed E-state index contributed by atoms with van der Waals surface area (Å²) in [7, 11) is 0. The highest BCUT2D eigenvalue weighted by Gasteiger charge is 2.31. The lowest BCUT2D eigenvalue weighted by atomic mass is 10.1. The summed E-state index contributed by atoms with van der Waals surface area (Å²) in [6.07, 6.45) is -0.326. The molecule has 6 nitrogen and oxygen atoms in total. The molecule has 1 heterocycles. The number of carbonyl (C=O) groups is 2. The summed E-state index contributed by atoms with van der Waals surface area (Å²) in [5.74, 6) is 0.352. The van der Waals surface area contributed by atoms with Crippen LogP contribution in [0.25, 0.3) is 0 Å². The molecule has 1 atom stereocenters. The molecule has 114 valence electrons. The first-order chi connectivity index (χ1) is 9.88. The summed E-state index contributed by atoms with van der Waals surface area (Å²) in [6, 6.07) is 5.24. The van der Waals surface area contributed by atoms with Crippen molar-refractivity contribution in [2.24, 2.45) is 0 Å². The molecular weight excluding hydrogens is 270 g/mol. The molecule has 0 fully saturated rings. The number of nitrogens with two attached hydrogens (primary N) is 1. The second kappa shape index (κ2) is 6.03. The molecule has 0 spiro atoms. The Bertz CT molecular complexity index is 557. The lowest BCUT2D eigenvalue weighted by Gasteiger charge is -2.33. The zero-order valence-corrected chi connectivity index (χ0v) is 12.6. The van der Waals surface area contributed by atoms with Gasteiger partial charge in [-0.25, -0.2) is 0 Å². The maximum absolute atomic E-state index is 12.2. The van der Waals surface area contributed by atoms with Crippen LogP contribution in [0.1, 0.15) is 27.2 Å². The second-order valence-corrected chi connectivity index (χ2v) is 5.45. The number of hydrogen-bond acceptors (Lipinski definition) is 4. The Hall–Kier alpha value is -2.24. The highest BCUT2D eigenvalue weighted by atomic mass is 16.5. The smallest absolute Gasteiger partial charge is 0.267 e. The fourth-order valence-corrected chi connectivity index (χ4v) is 2.27. The predicted molar refractivity (Wildman–Crippen MR) is 81.2 cm³/mol. The number of hydrogen-bond donors (Lipinski definition) is 2. The molecule has 1 aromatic carbocycles. The van der Waals surface area contributed by atoms with Crippen LogP contribution in [0, 0.1) is 0 Å². The normalized spacial score (nSPS) is 17.4. The lowest BCUT2D eigenvalue weighted by molar-refractivity contribution is -0.125. The predicted octanol–water partition coefficient (Wildman–Crippen LogP) is 1.30. The number of nitrogen functional groups attached to an aromatic ring is 1. The Kier molecular flexibility index (Phi) is 4.35. The Labute approximate surface area is 124 Å². The minimum atomic E-state index is -0.576. The molecule has 21 heavy (non-hydrogen) atoms. The van der Waals surface area contributed by atoms with Crippen molar-refractivity contribution in [3.63, 3.8) is 0 Å². The zero-order valence-electron chi connectivity index (χ0n) is 12.6. The SMILES string of the molecule is CC(C)NC(=O)CCN1C(=O)C(C)Oc2cc(N)ccc21. The van der Waals surface area contributed by atoms with E-state index in [-0.39, 0.29) is 24.3 Å². The number of amides is 2. The molecule has 6 heteroatoms. The molecule has 0 aliphatic carbocycles. The monoisotopic (exact) mass is 291 g/mol. The molecule has 0 saturated carbocycles. The lowest BCUT2D eigenvalue weighted by Crippen LogP contribution is -2.46. The van der Waals surface area contributed by atoms with E-state index in [0.29, 0.717) is 23.7 Å². The minimum Gasteiger partial charge on any atom is -0.479 e. The number of benzene rings is 1. The van der Waals surface area contributed by atoms with Crippen LogP contribution in [0.3, 0.4) is 0 Å². The van der Waals surface area contributed by atoms with Crippen LogP contribution in [0.2, 0.25) is 0 Å². The Balaban J connectivity index is 2.15. The first-order valence-electron chi connectivity index (χ1n) is 7.05.